The third kappa shape index (κ3) is 3.76. The zero-order valence-electron chi connectivity index (χ0n) is 14.7. The van der Waals surface area contributed by atoms with Crippen molar-refractivity contribution in [2.75, 3.05) is 4.31 Å². The predicted molar refractivity (Wildman–Crippen MR) is 107 cm³/mol. The lowest BCUT2D eigenvalue weighted by Gasteiger charge is -2.27. The maximum Gasteiger partial charge on any atom is 0.264 e. The van der Waals surface area contributed by atoms with Gasteiger partial charge in [-0.25, -0.2) is 8.42 Å². The van der Waals surface area contributed by atoms with Crippen molar-refractivity contribution < 1.29 is 8.42 Å². The van der Waals surface area contributed by atoms with Crippen molar-refractivity contribution in [2.45, 2.75) is 25.3 Å². The molecule has 5 heteroatoms. The molecule has 3 nitrogen and oxygen atoms in total. The molecule has 0 atom stereocenters. The molecule has 134 valence electrons. The number of hydrogen-bond donors (Lipinski definition) is 0. The Kier molecular flexibility index (Phi) is 5.35. The third-order valence-corrected chi connectivity index (χ3v) is 6.37. The van der Waals surface area contributed by atoms with Crippen LogP contribution in [0.15, 0.2) is 77.7 Å². The Morgan fingerprint density at radius 3 is 2.19 bits per heavy atom. The van der Waals surface area contributed by atoms with Gasteiger partial charge in [-0.15, -0.1) is 0 Å². The minimum absolute atomic E-state index is 0.167. The van der Waals surface area contributed by atoms with Gasteiger partial charge in [-0.3, -0.25) is 4.31 Å². The van der Waals surface area contributed by atoms with E-state index in [9.17, 15) is 8.42 Å². The smallest absolute Gasteiger partial charge is 0.262 e. The van der Waals surface area contributed by atoms with Crippen LogP contribution in [0.1, 0.15) is 16.7 Å². The van der Waals surface area contributed by atoms with E-state index in [0.29, 0.717) is 10.7 Å². The second-order valence-electron chi connectivity index (χ2n) is 6.21. The lowest BCUT2D eigenvalue weighted by atomic mass is 10.1. The van der Waals surface area contributed by atoms with E-state index in [1.165, 1.54) is 4.31 Å². The first-order chi connectivity index (χ1) is 12.4. The maximum atomic E-state index is 13.4. The first kappa shape index (κ1) is 18.5. The van der Waals surface area contributed by atoms with Gasteiger partial charge in [-0.2, -0.15) is 0 Å². The molecule has 0 bridgehead atoms. The normalized spacial score (nSPS) is 11.3. The molecule has 0 fully saturated rings. The highest BCUT2D eigenvalue weighted by Gasteiger charge is 2.26. The highest BCUT2D eigenvalue weighted by atomic mass is 35.5. The lowest BCUT2D eigenvalue weighted by Crippen LogP contribution is -2.31. The molecular weight excluding hydrogens is 366 g/mol. The predicted octanol–water partition coefficient (Wildman–Crippen LogP) is 5.35. The van der Waals surface area contributed by atoms with Crippen LogP contribution in [-0.4, -0.2) is 8.42 Å². The standard InChI is InChI=1S/C21H20ClNO2S/c1-16-12-13-21(17(2)14-16)23(15-18-8-6-7-11-20(18)22)26(24,25)19-9-4-3-5-10-19/h3-14H,15H2,1-2H3. The first-order valence-corrected chi connectivity index (χ1v) is 10.1. The molecule has 0 heterocycles. The molecular formula is C21H20ClNO2S. The van der Waals surface area contributed by atoms with E-state index in [4.69, 9.17) is 11.6 Å². The largest absolute Gasteiger partial charge is 0.264 e. The van der Waals surface area contributed by atoms with Crippen molar-refractivity contribution in [3.8, 4) is 0 Å². The number of sulfonamides is 1. The SMILES string of the molecule is Cc1ccc(N(Cc2ccccc2Cl)S(=O)(=O)c2ccccc2)c(C)c1. The van der Waals surface area contributed by atoms with E-state index >= 15 is 0 Å². The summed E-state index contributed by atoms with van der Waals surface area (Å²) in [6.07, 6.45) is 0. The zero-order chi connectivity index (χ0) is 18.7. The zero-order valence-corrected chi connectivity index (χ0v) is 16.3. The average molecular weight is 386 g/mol. The van der Waals surface area contributed by atoms with Crippen molar-refractivity contribution in [1.82, 2.24) is 0 Å². The van der Waals surface area contributed by atoms with E-state index in [1.54, 1.807) is 36.4 Å². The van der Waals surface area contributed by atoms with Crippen molar-refractivity contribution in [3.05, 3.63) is 94.5 Å². The molecule has 0 aliphatic carbocycles. The van der Waals surface area contributed by atoms with E-state index in [1.807, 2.05) is 50.2 Å². The van der Waals surface area contributed by atoms with Crippen molar-refractivity contribution in [3.63, 3.8) is 0 Å². The van der Waals surface area contributed by atoms with Gasteiger partial charge < -0.3 is 0 Å². The Morgan fingerprint density at radius 2 is 1.54 bits per heavy atom. The number of benzene rings is 3. The minimum Gasteiger partial charge on any atom is -0.262 e. The number of anilines is 1. The van der Waals surface area contributed by atoms with Crippen molar-refractivity contribution in [1.29, 1.82) is 0 Å². The lowest BCUT2D eigenvalue weighted by molar-refractivity contribution is 0.590. The van der Waals surface area contributed by atoms with E-state index in [2.05, 4.69) is 0 Å². The number of halogens is 1. The highest BCUT2D eigenvalue weighted by molar-refractivity contribution is 7.92. The van der Waals surface area contributed by atoms with Crippen LogP contribution in [0.5, 0.6) is 0 Å². The van der Waals surface area contributed by atoms with Crippen LogP contribution >= 0.6 is 11.6 Å². The number of nitrogens with zero attached hydrogens (tertiary/aromatic N) is 1. The Balaban J connectivity index is 2.15. The average Bonchev–Trinajstić information content (AvgIpc) is 2.62. The first-order valence-electron chi connectivity index (χ1n) is 8.28. The molecule has 0 aliphatic heterocycles. The van der Waals surface area contributed by atoms with Crippen LogP contribution in [0.4, 0.5) is 5.69 Å². The van der Waals surface area contributed by atoms with Gasteiger partial charge in [0.25, 0.3) is 10.0 Å². The molecule has 3 aromatic carbocycles. The molecule has 0 amide bonds. The van der Waals surface area contributed by atoms with Crippen molar-refractivity contribution >= 4 is 27.3 Å². The molecule has 26 heavy (non-hydrogen) atoms. The van der Waals surface area contributed by atoms with E-state index < -0.39 is 10.0 Å². The van der Waals surface area contributed by atoms with Crippen LogP contribution in [0, 0.1) is 13.8 Å². The molecule has 0 aromatic heterocycles. The van der Waals surface area contributed by atoms with Crippen LogP contribution in [0.3, 0.4) is 0 Å². The molecule has 0 saturated heterocycles. The number of rotatable bonds is 5. The summed E-state index contributed by atoms with van der Waals surface area (Å²) in [5.41, 5.74) is 3.39. The van der Waals surface area contributed by atoms with E-state index in [0.717, 1.165) is 16.7 Å². The van der Waals surface area contributed by atoms with E-state index in [-0.39, 0.29) is 11.4 Å². The second kappa shape index (κ2) is 7.52. The Bertz CT molecular complexity index is 1020. The van der Waals surface area contributed by atoms with Gasteiger partial charge in [0, 0.05) is 5.02 Å². The third-order valence-electron chi connectivity index (χ3n) is 4.22. The topological polar surface area (TPSA) is 37.4 Å². The molecule has 0 radical (unpaired) electrons. The summed E-state index contributed by atoms with van der Waals surface area (Å²) in [5, 5.41) is 0.547. The van der Waals surface area contributed by atoms with Gasteiger partial charge in [0.05, 0.1) is 17.1 Å². The fraction of sp³-hybridized carbons (Fsp3) is 0.143. The highest BCUT2D eigenvalue weighted by Crippen LogP contribution is 2.30. The van der Waals surface area contributed by atoms with Gasteiger partial charge in [-0.05, 0) is 49.2 Å². The molecule has 0 N–H and O–H groups in total. The van der Waals surface area contributed by atoms with Gasteiger partial charge in [0.15, 0.2) is 0 Å². The van der Waals surface area contributed by atoms with Gasteiger partial charge in [-0.1, -0.05) is 65.7 Å². The van der Waals surface area contributed by atoms with Crippen LogP contribution in [0.2, 0.25) is 5.02 Å². The van der Waals surface area contributed by atoms with Crippen molar-refractivity contribution in [2.24, 2.45) is 0 Å². The summed E-state index contributed by atoms with van der Waals surface area (Å²) in [5.74, 6) is 0. The summed E-state index contributed by atoms with van der Waals surface area (Å²) >= 11 is 6.30. The number of hydrogen-bond acceptors (Lipinski definition) is 2. The molecule has 0 saturated carbocycles. The molecule has 3 rings (SSSR count). The summed E-state index contributed by atoms with van der Waals surface area (Å²) in [6.45, 7) is 4.07. The summed E-state index contributed by atoms with van der Waals surface area (Å²) in [4.78, 5) is 0.257. The molecule has 0 spiro atoms. The monoisotopic (exact) mass is 385 g/mol. The Morgan fingerprint density at radius 1 is 0.885 bits per heavy atom. The summed E-state index contributed by atoms with van der Waals surface area (Å²) < 4.78 is 28.2. The molecule has 0 unspecified atom stereocenters. The van der Waals surface area contributed by atoms with Crippen LogP contribution < -0.4 is 4.31 Å². The Hall–Kier alpha value is -2.30. The fourth-order valence-corrected chi connectivity index (χ4v) is 4.61. The second-order valence-corrected chi connectivity index (χ2v) is 8.48. The Labute approximate surface area is 159 Å². The fourth-order valence-electron chi connectivity index (χ4n) is 2.89. The minimum atomic E-state index is -3.73. The quantitative estimate of drug-likeness (QED) is 0.593. The van der Waals surface area contributed by atoms with Crippen LogP contribution in [-0.2, 0) is 16.6 Å². The number of aryl methyl sites for hydroxylation is 2. The molecule has 0 aliphatic rings. The van der Waals surface area contributed by atoms with Gasteiger partial charge in [0.2, 0.25) is 0 Å². The molecule has 3 aromatic rings. The van der Waals surface area contributed by atoms with Gasteiger partial charge >= 0.3 is 0 Å². The van der Waals surface area contributed by atoms with Gasteiger partial charge in [0.1, 0.15) is 0 Å². The maximum absolute atomic E-state index is 13.4. The summed E-state index contributed by atoms with van der Waals surface area (Å²) in [7, 11) is -3.73. The summed E-state index contributed by atoms with van der Waals surface area (Å²) in [6, 6.07) is 21.5. The van der Waals surface area contributed by atoms with Crippen LogP contribution in [0.25, 0.3) is 0 Å².